The Morgan fingerprint density at radius 1 is 1.41 bits per heavy atom. The number of rotatable bonds is 2. The third-order valence-corrected chi connectivity index (χ3v) is 3.89. The van der Waals surface area contributed by atoms with E-state index in [1.165, 1.54) is 12.8 Å². The molecule has 0 amide bonds. The Balaban J connectivity index is 2.16. The fourth-order valence-corrected chi connectivity index (χ4v) is 2.74. The SMILES string of the molecule is CC1CCCN(C(C#N)c2ccc(Br)cc2)C1. The molecule has 0 N–H and O–H groups in total. The van der Waals surface area contributed by atoms with Gasteiger partial charge in [0.25, 0.3) is 0 Å². The summed E-state index contributed by atoms with van der Waals surface area (Å²) >= 11 is 3.43. The minimum atomic E-state index is -0.0918. The first kappa shape index (κ1) is 12.6. The van der Waals surface area contributed by atoms with E-state index in [-0.39, 0.29) is 6.04 Å². The van der Waals surface area contributed by atoms with Crippen molar-refractivity contribution in [1.29, 1.82) is 5.26 Å². The molecule has 2 nitrogen and oxygen atoms in total. The van der Waals surface area contributed by atoms with E-state index in [1.807, 2.05) is 24.3 Å². The molecule has 2 atom stereocenters. The summed E-state index contributed by atoms with van der Waals surface area (Å²) < 4.78 is 1.06. The van der Waals surface area contributed by atoms with Gasteiger partial charge in [0.15, 0.2) is 0 Å². The van der Waals surface area contributed by atoms with E-state index in [2.05, 4.69) is 33.8 Å². The van der Waals surface area contributed by atoms with Crippen molar-refractivity contribution in [1.82, 2.24) is 4.90 Å². The lowest BCUT2D eigenvalue weighted by Crippen LogP contribution is -2.36. The number of piperidine rings is 1. The molecule has 1 aromatic carbocycles. The fraction of sp³-hybridized carbons (Fsp3) is 0.500. The van der Waals surface area contributed by atoms with Gasteiger partial charge in [0.2, 0.25) is 0 Å². The first-order chi connectivity index (χ1) is 8.20. The lowest BCUT2D eigenvalue weighted by atomic mass is 9.97. The van der Waals surface area contributed by atoms with E-state index in [0.717, 1.165) is 23.1 Å². The maximum Gasteiger partial charge on any atom is 0.123 e. The summed E-state index contributed by atoms with van der Waals surface area (Å²) in [6.45, 7) is 4.34. The van der Waals surface area contributed by atoms with Crippen molar-refractivity contribution in [3.05, 3.63) is 34.3 Å². The van der Waals surface area contributed by atoms with E-state index in [0.29, 0.717) is 5.92 Å². The third-order valence-electron chi connectivity index (χ3n) is 3.36. The zero-order valence-corrected chi connectivity index (χ0v) is 11.7. The molecule has 1 aliphatic heterocycles. The molecular formula is C14H17BrN2. The quantitative estimate of drug-likeness (QED) is 0.830. The number of nitrogens with zero attached hydrogens (tertiary/aromatic N) is 2. The van der Waals surface area contributed by atoms with Gasteiger partial charge in [-0.05, 0) is 43.0 Å². The van der Waals surface area contributed by atoms with Gasteiger partial charge in [-0.1, -0.05) is 35.0 Å². The van der Waals surface area contributed by atoms with Crippen LogP contribution in [0.15, 0.2) is 28.7 Å². The monoisotopic (exact) mass is 292 g/mol. The van der Waals surface area contributed by atoms with Gasteiger partial charge >= 0.3 is 0 Å². The van der Waals surface area contributed by atoms with Gasteiger partial charge in [-0.15, -0.1) is 0 Å². The highest BCUT2D eigenvalue weighted by Gasteiger charge is 2.24. The van der Waals surface area contributed by atoms with Crippen LogP contribution in [0.2, 0.25) is 0 Å². The summed E-state index contributed by atoms with van der Waals surface area (Å²) in [6.07, 6.45) is 2.49. The Hall–Kier alpha value is -0.850. The van der Waals surface area contributed by atoms with Crippen LogP contribution >= 0.6 is 15.9 Å². The normalized spacial score (nSPS) is 23.0. The lowest BCUT2D eigenvalue weighted by Gasteiger charge is -2.34. The average molecular weight is 293 g/mol. The van der Waals surface area contributed by atoms with E-state index in [4.69, 9.17) is 0 Å². The highest BCUT2D eigenvalue weighted by atomic mass is 79.9. The number of nitriles is 1. The van der Waals surface area contributed by atoms with Crippen LogP contribution < -0.4 is 0 Å². The van der Waals surface area contributed by atoms with Crippen molar-refractivity contribution < 1.29 is 0 Å². The van der Waals surface area contributed by atoms with E-state index in [1.54, 1.807) is 0 Å². The maximum atomic E-state index is 9.38. The van der Waals surface area contributed by atoms with Crippen LogP contribution in [0, 0.1) is 17.2 Å². The second-order valence-electron chi connectivity index (χ2n) is 4.83. The standard InChI is InChI=1S/C14H17BrN2/c1-11-3-2-8-17(10-11)14(9-16)12-4-6-13(15)7-5-12/h4-7,11,14H,2-3,8,10H2,1H3. The minimum Gasteiger partial charge on any atom is -0.284 e. The van der Waals surface area contributed by atoms with Crippen LogP contribution in [0.1, 0.15) is 31.4 Å². The molecule has 1 fully saturated rings. The number of benzene rings is 1. The number of hydrogen-bond acceptors (Lipinski definition) is 2. The van der Waals surface area contributed by atoms with Crippen molar-refractivity contribution in [2.24, 2.45) is 5.92 Å². The predicted octanol–water partition coefficient (Wildman–Crippen LogP) is 3.75. The molecule has 90 valence electrons. The summed E-state index contributed by atoms with van der Waals surface area (Å²) in [5.41, 5.74) is 1.10. The molecular weight excluding hydrogens is 276 g/mol. The molecule has 2 rings (SSSR count). The van der Waals surface area contributed by atoms with Gasteiger partial charge in [-0.25, -0.2) is 0 Å². The van der Waals surface area contributed by atoms with Crippen LogP contribution in [-0.4, -0.2) is 18.0 Å². The molecule has 0 bridgehead atoms. The molecule has 0 radical (unpaired) electrons. The second-order valence-corrected chi connectivity index (χ2v) is 5.74. The minimum absolute atomic E-state index is 0.0918. The van der Waals surface area contributed by atoms with Crippen molar-refractivity contribution in [2.45, 2.75) is 25.8 Å². The van der Waals surface area contributed by atoms with Gasteiger partial charge in [0, 0.05) is 11.0 Å². The lowest BCUT2D eigenvalue weighted by molar-refractivity contribution is 0.156. The largest absolute Gasteiger partial charge is 0.284 e. The molecule has 1 aromatic rings. The topological polar surface area (TPSA) is 27.0 Å². The first-order valence-electron chi connectivity index (χ1n) is 6.10. The molecule has 0 saturated carbocycles. The molecule has 1 heterocycles. The van der Waals surface area contributed by atoms with Gasteiger partial charge in [0.05, 0.1) is 6.07 Å². The molecule has 3 heteroatoms. The van der Waals surface area contributed by atoms with Gasteiger partial charge < -0.3 is 0 Å². The van der Waals surface area contributed by atoms with Crippen molar-refractivity contribution in [3.8, 4) is 6.07 Å². The third kappa shape index (κ3) is 3.08. The van der Waals surface area contributed by atoms with Crippen LogP contribution in [-0.2, 0) is 0 Å². The second kappa shape index (κ2) is 5.66. The van der Waals surface area contributed by atoms with Gasteiger partial charge in [0.1, 0.15) is 6.04 Å². The predicted molar refractivity (Wildman–Crippen MR) is 72.5 cm³/mol. The molecule has 2 unspecified atom stereocenters. The van der Waals surface area contributed by atoms with Crippen molar-refractivity contribution >= 4 is 15.9 Å². The summed E-state index contributed by atoms with van der Waals surface area (Å²) in [5, 5.41) is 9.38. The Kier molecular flexibility index (Phi) is 4.20. The number of likely N-dealkylation sites (tertiary alicyclic amines) is 1. The van der Waals surface area contributed by atoms with Crippen LogP contribution in [0.25, 0.3) is 0 Å². The molecule has 0 aliphatic carbocycles. The summed E-state index contributed by atoms with van der Waals surface area (Å²) in [5.74, 6) is 0.704. The smallest absolute Gasteiger partial charge is 0.123 e. The fourth-order valence-electron chi connectivity index (χ4n) is 2.47. The summed E-state index contributed by atoms with van der Waals surface area (Å²) in [4.78, 5) is 2.30. The molecule has 17 heavy (non-hydrogen) atoms. The Morgan fingerprint density at radius 2 is 2.12 bits per heavy atom. The molecule has 0 spiro atoms. The zero-order chi connectivity index (χ0) is 12.3. The van der Waals surface area contributed by atoms with Gasteiger partial charge in [-0.2, -0.15) is 5.26 Å². The summed E-state index contributed by atoms with van der Waals surface area (Å²) in [7, 11) is 0. The highest BCUT2D eigenvalue weighted by molar-refractivity contribution is 9.10. The highest BCUT2D eigenvalue weighted by Crippen LogP contribution is 2.27. The summed E-state index contributed by atoms with van der Waals surface area (Å²) in [6, 6.07) is 10.4. The van der Waals surface area contributed by atoms with Crippen molar-refractivity contribution in [2.75, 3.05) is 13.1 Å². The molecule has 0 aromatic heterocycles. The maximum absolute atomic E-state index is 9.38. The van der Waals surface area contributed by atoms with E-state index >= 15 is 0 Å². The van der Waals surface area contributed by atoms with Crippen molar-refractivity contribution in [3.63, 3.8) is 0 Å². The Labute approximate surface area is 111 Å². The van der Waals surface area contributed by atoms with E-state index < -0.39 is 0 Å². The van der Waals surface area contributed by atoms with Crippen LogP contribution in [0.5, 0.6) is 0 Å². The van der Waals surface area contributed by atoms with Crippen LogP contribution in [0.3, 0.4) is 0 Å². The molecule has 1 aliphatic rings. The van der Waals surface area contributed by atoms with Crippen LogP contribution in [0.4, 0.5) is 0 Å². The number of halogens is 1. The Morgan fingerprint density at radius 3 is 2.71 bits per heavy atom. The number of hydrogen-bond donors (Lipinski definition) is 0. The Bertz CT molecular complexity index is 407. The average Bonchev–Trinajstić information content (AvgIpc) is 2.33. The van der Waals surface area contributed by atoms with E-state index in [9.17, 15) is 5.26 Å². The zero-order valence-electron chi connectivity index (χ0n) is 10.1. The van der Waals surface area contributed by atoms with Gasteiger partial charge in [-0.3, -0.25) is 4.90 Å². The first-order valence-corrected chi connectivity index (χ1v) is 6.89. The molecule has 1 saturated heterocycles.